The van der Waals surface area contributed by atoms with Gasteiger partial charge < -0.3 is 15.3 Å². The van der Waals surface area contributed by atoms with Crippen LogP contribution in [0, 0.1) is 5.82 Å². The van der Waals surface area contributed by atoms with Crippen LogP contribution in [0.5, 0.6) is 5.75 Å². The highest BCUT2D eigenvalue weighted by Crippen LogP contribution is 2.21. The monoisotopic (exact) mass is 316 g/mol. The van der Waals surface area contributed by atoms with Crippen LogP contribution >= 0.6 is 0 Å². The summed E-state index contributed by atoms with van der Waals surface area (Å²) in [5.74, 6) is -0.846. The number of benzene rings is 1. The van der Waals surface area contributed by atoms with Gasteiger partial charge in [-0.15, -0.1) is 5.10 Å². The molecule has 1 aromatic carbocycles. The van der Waals surface area contributed by atoms with E-state index in [0.29, 0.717) is 0 Å². The summed E-state index contributed by atoms with van der Waals surface area (Å²) < 4.78 is 13.7. The second-order valence-corrected chi connectivity index (χ2v) is 5.45. The van der Waals surface area contributed by atoms with Gasteiger partial charge in [-0.1, -0.05) is 6.07 Å². The predicted molar refractivity (Wildman–Crippen MR) is 82.8 cm³/mol. The van der Waals surface area contributed by atoms with Crippen molar-refractivity contribution >= 4 is 11.7 Å². The molecule has 0 aliphatic carbocycles. The number of halogens is 1. The highest BCUT2D eigenvalue weighted by Gasteiger charge is 2.24. The quantitative estimate of drug-likeness (QED) is 0.901. The number of phenols is 1. The van der Waals surface area contributed by atoms with Crippen LogP contribution in [0.3, 0.4) is 0 Å². The summed E-state index contributed by atoms with van der Waals surface area (Å²) >= 11 is 0. The lowest BCUT2D eigenvalue weighted by Crippen LogP contribution is -2.45. The summed E-state index contributed by atoms with van der Waals surface area (Å²) in [5.41, 5.74) is -0.302. The molecule has 1 saturated heterocycles. The number of anilines is 1. The molecule has 0 spiro atoms. The topological polar surface area (TPSA) is 78.4 Å². The maximum Gasteiger partial charge on any atom is 0.258 e. The summed E-state index contributed by atoms with van der Waals surface area (Å²) in [6.07, 6.45) is 3.06. The van der Waals surface area contributed by atoms with Crippen LogP contribution in [0.4, 0.5) is 10.2 Å². The van der Waals surface area contributed by atoms with E-state index in [1.165, 1.54) is 12.1 Å². The van der Waals surface area contributed by atoms with Gasteiger partial charge in [0.25, 0.3) is 5.91 Å². The molecule has 7 heteroatoms. The van der Waals surface area contributed by atoms with Crippen LogP contribution in [0.1, 0.15) is 23.2 Å². The average molecular weight is 316 g/mol. The van der Waals surface area contributed by atoms with Gasteiger partial charge in [0.2, 0.25) is 0 Å². The zero-order chi connectivity index (χ0) is 16.2. The fraction of sp³-hybridized carbons (Fsp3) is 0.312. The molecule has 0 bridgehead atoms. The van der Waals surface area contributed by atoms with E-state index in [1.54, 1.807) is 6.20 Å². The van der Waals surface area contributed by atoms with Gasteiger partial charge in [-0.3, -0.25) is 4.79 Å². The van der Waals surface area contributed by atoms with Crippen LogP contribution in [0.2, 0.25) is 0 Å². The van der Waals surface area contributed by atoms with E-state index < -0.39 is 11.7 Å². The molecule has 6 nitrogen and oxygen atoms in total. The molecule has 23 heavy (non-hydrogen) atoms. The summed E-state index contributed by atoms with van der Waals surface area (Å²) in [7, 11) is 0. The first-order chi connectivity index (χ1) is 11.1. The Bertz CT molecular complexity index is 667. The number of phenolic OH excluding ortho intramolecular Hbond substituents is 1. The Morgan fingerprint density at radius 3 is 2.70 bits per heavy atom. The van der Waals surface area contributed by atoms with Gasteiger partial charge in [0.05, 0.1) is 0 Å². The number of hydrogen-bond donors (Lipinski definition) is 2. The average Bonchev–Trinajstić information content (AvgIpc) is 2.56. The van der Waals surface area contributed by atoms with Crippen molar-refractivity contribution in [1.82, 2.24) is 15.5 Å². The van der Waals surface area contributed by atoms with Crippen molar-refractivity contribution in [3.63, 3.8) is 0 Å². The molecule has 0 unspecified atom stereocenters. The Hall–Kier alpha value is -2.70. The summed E-state index contributed by atoms with van der Waals surface area (Å²) in [6, 6.07) is 7.48. The zero-order valence-corrected chi connectivity index (χ0v) is 12.4. The standard InChI is InChI=1S/C16H17FN4O2/c17-12-3-1-4-13(22)15(12)16(23)19-11-6-9-21(10-7-11)14-5-2-8-18-20-14/h1-5,8,11,22H,6-7,9-10H2,(H,19,23). The maximum absolute atomic E-state index is 13.7. The van der Waals surface area contributed by atoms with Crippen molar-refractivity contribution in [3.8, 4) is 5.75 Å². The minimum atomic E-state index is -0.723. The Labute approximate surface area is 133 Å². The number of nitrogens with zero attached hydrogens (tertiary/aromatic N) is 3. The molecule has 120 valence electrons. The van der Waals surface area contributed by atoms with Gasteiger partial charge in [-0.05, 0) is 37.1 Å². The molecular weight excluding hydrogens is 299 g/mol. The number of carbonyl (C=O) groups is 1. The first kappa shape index (κ1) is 15.2. The lowest BCUT2D eigenvalue weighted by atomic mass is 10.0. The molecule has 1 aliphatic rings. The van der Waals surface area contributed by atoms with Crippen molar-refractivity contribution < 1.29 is 14.3 Å². The second kappa shape index (κ2) is 6.60. The number of nitrogens with one attached hydrogen (secondary N) is 1. The van der Waals surface area contributed by atoms with Crippen molar-refractivity contribution in [1.29, 1.82) is 0 Å². The highest BCUT2D eigenvalue weighted by molar-refractivity contribution is 5.97. The van der Waals surface area contributed by atoms with Gasteiger partial charge in [0.1, 0.15) is 17.1 Å². The predicted octanol–water partition coefficient (Wildman–Crippen LogP) is 1.72. The fourth-order valence-electron chi connectivity index (χ4n) is 2.71. The van der Waals surface area contributed by atoms with E-state index in [1.807, 2.05) is 12.1 Å². The van der Waals surface area contributed by atoms with Crippen LogP contribution < -0.4 is 10.2 Å². The number of hydrogen-bond acceptors (Lipinski definition) is 5. The minimum Gasteiger partial charge on any atom is -0.507 e. The number of piperidine rings is 1. The molecule has 0 saturated carbocycles. The van der Waals surface area contributed by atoms with Crippen LogP contribution in [-0.2, 0) is 0 Å². The van der Waals surface area contributed by atoms with Crippen molar-refractivity contribution in [2.24, 2.45) is 0 Å². The van der Waals surface area contributed by atoms with Gasteiger partial charge in [-0.25, -0.2) is 4.39 Å². The van der Waals surface area contributed by atoms with E-state index >= 15 is 0 Å². The van der Waals surface area contributed by atoms with Crippen molar-refractivity contribution in [3.05, 3.63) is 47.9 Å². The normalized spacial score (nSPS) is 15.4. The molecule has 1 amide bonds. The van der Waals surface area contributed by atoms with Crippen molar-refractivity contribution in [2.45, 2.75) is 18.9 Å². The van der Waals surface area contributed by atoms with E-state index in [4.69, 9.17) is 0 Å². The lowest BCUT2D eigenvalue weighted by molar-refractivity contribution is 0.0924. The van der Waals surface area contributed by atoms with Gasteiger partial charge in [-0.2, -0.15) is 5.10 Å². The third kappa shape index (κ3) is 3.39. The maximum atomic E-state index is 13.7. The summed E-state index contributed by atoms with van der Waals surface area (Å²) in [4.78, 5) is 14.3. The third-order valence-corrected chi connectivity index (χ3v) is 3.93. The fourth-order valence-corrected chi connectivity index (χ4v) is 2.71. The van der Waals surface area contributed by atoms with Crippen LogP contribution in [0.15, 0.2) is 36.5 Å². The van der Waals surface area contributed by atoms with Gasteiger partial charge in [0, 0.05) is 25.3 Å². The molecule has 0 radical (unpaired) electrons. The molecule has 2 aromatic rings. The first-order valence-electron chi connectivity index (χ1n) is 7.46. The van der Waals surface area contributed by atoms with Crippen molar-refractivity contribution in [2.75, 3.05) is 18.0 Å². The lowest BCUT2D eigenvalue weighted by Gasteiger charge is -2.32. The number of amides is 1. The highest BCUT2D eigenvalue weighted by atomic mass is 19.1. The van der Waals surface area contributed by atoms with E-state index in [-0.39, 0.29) is 17.4 Å². The molecular formula is C16H17FN4O2. The van der Waals surface area contributed by atoms with Gasteiger partial charge in [0.15, 0.2) is 5.82 Å². The Morgan fingerprint density at radius 2 is 2.04 bits per heavy atom. The summed E-state index contributed by atoms with van der Waals surface area (Å²) in [6.45, 7) is 1.46. The second-order valence-electron chi connectivity index (χ2n) is 5.45. The van der Waals surface area contributed by atoms with E-state index in [9.17, 15) is 14.3 Å². The Kier molecular flexibility index (Phi) is 4.36. The molecule has 2 N–H and O–H groups in total. The number of aromatic nitrogens is 2. The molecule has 1 aromatic heterocycles. The van der Waals surface area contributed by atoms with Crippen LogP contribution in [-0.4, -0.2) is 40.3 Å². The zero-order valence-electron chi connectivity index (χ0n) is 12.4. The number of carbonyl (C=O) groups excluding carboxylic acids is 1. The third-order valence-electron chi connectivity index (χ3n) is 3.93. The molecule has 0 atom stereocenters. The molecule has 3 rings (SSSR count). The number of rotatable bonds is 3. The van der Waals surface area contributed by atoms with Gasteiger partial charge >= 0.3 is 0 Å². The first-order valence-corrected chi connectivity index (χ1v) is 7.46. The SMILES string of the molecule is O=C(NC1CCN(c2cccnn2)CC1)c1c(O)cccc1F. The van der Waals surface area contributed by atoms with E-state index in [0.717, 1.165) is 37.8 Å². The van der Waals surface area contributed by atoms with E-state index in [2.05, 4.69) is 20.4 Å². The molecule has 1 fully saturated rings. The summed E-state index contributed by atoms with van der Waals surface area (Å²) in [5, 5.41) is 20.4. The molecule has 2 heterocycles. The smallest absolute Gasteiger partial charge is 0.258 e. The Morgan fingerprint density at radius 1 is 1.26 bits per heavy atom. The molecule has 1 aliphatic heterocycles. The largest absolute Gasteiger partial charge is 0.507 e. The van der Waals surface area contributed by atoms with Crippen LogP contribution in [0.25, 0.3) is 0 Å². The minimum absolute atomic E-state index is 0.0607. The number of aromatic hydroxyl groups is 1. The Balaban J connectivity index is 1.60.